The third-order valence-electron chi connectivity index (χ3n) is 15.0. The highest BCUT2D eigenvalue weighted by Gasteiger charge is 2.34. The molecule has 1 N–H and O–H groups in total. The molecule has 0 saturated heterocycles. The van der Waals surface area contributed by atoms with E-state index in [1.807, 2.05) is 4.98 Å². The summed E-state index contributed by atoms with van der Waals surface area (Å²) in [6.45, 7) is -3.41. The molecular weight excluding hydrogens is 1150 g/mol. The van der Waals surface area contributed by atoms with Crippen LogP contribution in [0.25, 0.3) is 33.1 Å². The van der Waals surface area contributed by atoms with Crippen LogP contribution in [0.3, 0.4) is 0 Å². The Bertz CT molecular complexity index is 3510. The van der Waals surface area contributed by atoms with E-state index >= 15 is 0 Å². The molecule has 3 aliphatic carbocycles. The molecule has 0 spiro atoms. The van der Waals surface area contributed by atoms with Gasteiger partial charge in [0.15, 0.2) is 16.6 Å². The number of alkyl halides is 9. The van der Waals surface area contributed by atoms with E-state index in [4.69, 9.17) is 18.4 Å². The first-order valence-corrected chi connectivity index (χ1v) is 28.1. The summed E-state index contributed by atoms with van der Waals surface area (Å²) in [5, 5.41) is 10.8. The molecule has 83 heavy (non-hydrogen) atoms. The SMILES string of the molecule is COC1CCC(COS(C)(=O)=O)CC1.COC1CCC(Cn2c(=O)c3c(cnn3CC(F)(F)F)n(C)c2=O)CC1.COC1CCC(Cn2c(=O)c3c(cnn3CC(F)(F)F)n(C)c2=O)CC1.Cn1c(=O)[nH]c(=O)c2c1cnn2CC(F)(F)F. The summed E-state index contributed by atoms with van der Waals surface area (Å²) >= 11 is 0. The molecule has 0 aliphatic heterocycles. The van der Waals surface area contributed by atoms with Gasteiger partial charge in [-0.05, 0) is 94.8 Å². The van der Waals surface area contributed by atoms with Crippen molar-refractivity contribution in [2.45, 2.75) is 147 Å². The number of halogens is 9. The summed E-state index contributed by atoms with van der Waals surface area (Å²) in [6.07, 6.45) is 2.15. The molecule has 0 unspecified atom stereocenters. The highest BCUT2D eigenvalue weighted by molar-refractivity contribution is 7.85. The van der Waals surface area contributed by atoms with Gasteiger partial charge >= 0.3 is 35.6 Å². The highest BCUT2D eigenvalue weighted by atomic mass is 32.2. The van der Waals surface area contributed by atoms with Crippen LogP contribution >= 0.6 is 0 Å². The topological polar surface area (TPSA) is 267 Å². The first kappa shape index (κ1) is 65.8. The summed E-state index contributed by atoms with van der Waals surface area (Å²) in [4.78, 5) is 75.1. The molecule has 0 amide bonds. The minimum atomic E-state index is -4.51. The van der Waals surface area contributed by atoms with E-state index < -0.39 is 82.0 Å². The van der Waals surface area contributed by atoms with Crippen molar-refractivity contribution < 1.29 is 66.3 Å². The quantitative estimate of drug-likeness (QED) is 0.123. The van der Waals surface area contributed by atoms with Gasteiger partial charge in [0, 0.05) is 55.6 Å². The first-order chi connectivity index (χ1) is 38.7. The number of aromatic nitrogens is 12. The van der Waals surface area contributed by atoms with Crippen molar-refractivity contribution in [3.05, 3.63) is 81.1 Å². The lowest BCUT2D eigenvalue weighted by molar-refractivity contribution is -0.142. The molecule has 34 heteroatoms. The average Bonchev–Trinajstić information content (AvgIpc) is 3.50. The second kappa shape index (κ2) is 27.1. The van der Waals surface area contributed by atoms with Crippen LogP contribution in [-0.4, -0.2) is 137 Å². The molecule has 3 saturated carbocycles. The summed E-state index contributed by atoms with van der Waals surface area (Å²) in [7, 11) is 5.95. The van der Waals surface area contributed by atoms with Crippen molar-refractivity contribution in [3.63, 3.8) is 0 Å². The number of hydrogen-bond donors (Lipinski definition) is 1. The maximum absolute atomic E-state index is 12.8. The van der Waals surface area contributed by atoms with Crippen LogP contribution in [0.2, 0.25) is 0 Å². The molecule has 3 aliphatic rings. The van der Waals surface area contributed by atoms with E-state index in [1.165, 1.54) is 30.3 Å². The van der Waals surface area contributed by atoms with Crippen LogP contribution in [0, 0.1) is 17.8 Å². The van der Waals surface area contributed by atoms with Gasteiger partial charge in [0.05, 0.1) is 66.3 Å². The van der Waals surface area contributed by atoms with E-state index in [0.717, 1.165) is 116 Å². The number of hydrogen-bond acceptors (Lipinski definition) is 15. The Morgan fingerprint density at radius 3 is 1.13 bits per heavy atom. The third kappa shape index (κ3) is 17.4. The van der Waals surface area contributed by atoms with Gasteiger partial charge in [0.1, 0.15) is 19.6 Å². The summed E-state index contributed by atoms with van der Waals surface area (Å²) < 4.78 is 162. The van der Waals surface area contributed by atoms with Crippen LogP contribution in [0.1, 0.15) is 77.0 Å². The predicted octanol–water partition coefficient (Wildman–Crippen LogP) is 4.48. The van der Waals surface area contributed by atoms with Crippen LogP contribution in [0.15, 0.2) is 47.4 Å². The van der Waals surface area contributed by atoms with E-state index in [2.05, 4.69) is 15.3 Å². The lowest BCUT2D eigenvalue weighted by Gasteiger charge is -2.27. The molecule has 0 aromatic carbocycles. The Morgan fingerprint density at radius 1 is 0.506 bits per heavy atom. The molecule has 9 rings (SSSR count). The van der Waals surface area contributed by atoms with Crippen molar-refractivity contribution in [1.29, 1.82) is 0 Å². The standard InChI is InChI=1S/2C16H21F3N4O3.C9H18O4S.C8H7F3N4O2/c2*1-21-12-7-20-23(9-16(17,18)19)13(12)14(24)22(15(21)25)8-10-3-5-11(26-2)6-4-10;1-12-9-5-3-8(4-6-9)7-13-14(2,10)11;1-14-4-2-12-15(3-8(9,10)11)5(4)6(16)13-7(14)17/h2*7,10-11H,3-6,8-9H2,1-2H3;8-9H,3-7H2,1-2H3;2H,3H2,1H3,(H,13,16,17). The van der Waals surface area contributed by atoms with Crippen LogP contribution in [0.4, 0.5) is 39.5 Å². The maximum Gasteiger partial charge on any atom is 0.408 e. The largest absolute Gasteiger partial charge is 0.408 e. The number of aromatic amines is 1. The first-order valence-electron chi connectivity index (χ1n) is 26.3. The van der Waals surface area contributed by atoms with Gasteiger partial charge in [0.25, 0.3) is 26.8 Å². The number of ether oxygens (including phenoxy) is 3. The van der Waals surface area contributed by atoms with Crippen molar-refractivity contribution in [3.8, 4) is 0 Å². The molecule has 0 atom stereocenters. The zero-order valence-electron chi connectivity index (χ0n) is 46.6. The van der Waals surface area contributed by atoms with Crippen LogP contribution in [0.5, 0.6) is 0 Å². The van der Waals surface area contributed by atoms with E-state index in [1.54, 1.807) is 21.3 Å². The predicted molar refractivity (Wildman–Crippen MR) is 281 cm³/mol. The van der Waals surface area contributed by atoms with Crippen molar-refractivity contribution in [1.82, 2.24) is 57.2 Å². The zero-order valence-corrected chi connectivity index (χ0v) is 47.4. The molecule has 6 aromatic heterocycles. The molecular formula is C49H67F9N12O12S. The van der Waals surface area contributed by atoms with Gasteiger partial charge in [-0.3, -0.25) is 46.4 Å². The molecule has 24 nitrogen and oxygen atoms in total. The summed E-state index contributed by atoms with van der Waals surface area (Å²) in [6, 6.07) is 0. The highest BCUT2D eigenvalue weighted by Crippen LogP contribution is 2.30. The monoisotopic (exact) mass is 1220 g/mol. The fourth-order valence-electron chi connectivity index (χ4n) is 10.4. The average molecular weight is 1220 g/mol. The van der Waals surface area contributed by atoms with Crippen LogP contribution < -0.4 is 33.7 Å². The third-order valence-corrected chi connectivity index (χ3v) is 15.5. The Balaban J connectivity index is 0.000000183. The fourth-order valence-corrected chi connectivity index (χ4v) is 10.9. The van der Waals surface area contributed by atoms with Gasteiger partial charge in [-0.1, -0.05) is 0 Å². The van der Waals surface area contributed by atoms with Gasteiger partial charge in [0.2, 0.25) is 0 Å². The Morgan fingerprint density at radius 2 is 0.819 bits per heavy atom. The lowest BCUT2D eigenvalue weighted by atomic mass is 9.87. The summed E-state index contributed by atoms with van der Waals surface area (Å²) in [5.74, 6) is 0.600. The minimum Gasteiger partial charge on any atom is -0.381 e. The van der Waals surface area contributed by atoms with Gasteiger partial charge in [-0.25, -0.2) is 28.4 Å². The van der Waals surface area contributed by atoms with Crippen molar-refractivity contribution in [2.24, 2.45) is 38.9 Å². The molecule has 464 valence electrons. The van der Waals surface area contributed by atoms with Crippen molar-refractivity contribution in [2.75, 3.05) is 34.2 Å². The number of nitrogens with zero attached hydrogens (tertiary/aromatic N) is 11. The minimum absolute atomic E-state index is 0.0583. The lowest BCUT2D eigenvalue weighted by Crippen LogP contribution is -2.42. The summed E-state index contributed by atoms with van der Waals surface area (Å²) in [5.41, 5.74) is -4.52. The van der Waals surface area contributed by atoms with Gasteiger partial charge in [-0.15, -0.1) is 0 Å². The molecule has 6 aromatic rings. The Kier molecular flexibility index (Phi) is 21.5. The number of methoxy groups -OCH3 is 3. The normalized spacial score (nSPS) is 20.8. The van der Waals surface area contributed by atoms with E-state index in [0.29, 0.717) is 32.7 Å². The molecule has 3 fully saturated rings. The number of nitrogens with one attached hydrogen (secondary N) is 1. The number of rotatable bonds is 13. The fraction of sp³-hybridized carbons (Fsp3) is 0.694. The van der Waals surface area contributed by atoms with E-state index in [-0.39, 0.29) is 70.2 Å². The number of aryl methyl sites for hydroxylation is 3. The van der Waals surface area contributed by atoms with Gasteiger partial charge in [-0.2, -0.15) is 63.2 Å². The number of fused-ring (bicyclic) bond motifs is 3. The Hall–Kier alpha value is -6.39. The number of H-pyrrole nitrogens is 1. The van der Waals surface area contributed by atoms with Crippen LogP contribution in [-0.2, 0) is 82.4 Å². The Labute approximate surface area is 466 Å². The second-order valence-electron chi connectivity index (χ2n) is 20.9. The smallest absolute Gasteiger partial charge is 0.381 e. The van der Waals surface area contributed by atoms with Gasteiger partial charge < -0.3 is 14.2 Å². The van der Waals surface area contributed by atoms with Crippen molar-refractivity contribution >= 4 is 43.2 Å². The zero-order chi connectivity index (χ0) is 61.5. The van der Waals surface area contributed by atoms with E-state index in [9.17, 15) is 76.7 Å². The maximum atomic E-state index is 12.8. The molecule has 6 heterocycles. The molecule has 0 radical (unpaired) electrons. The second-order valence-corrected chi connectivity index (χ2v) is 22.6. The molecule has 0 bridgehead atoms.